The number of likely N-dealkylation sites (N-methyl/N-ethyl adjacent to an activating group) is 1. The van der Waals surface area contributed by atoms with Gasteiger partial charge in [-0.1, -0.05) is 11.6 Å². The number of benzene rings is 3. The van der Waals surface area contributed by atoms with Crippen LogP contribution >= 0.6 is 11.6 Å². The Hall–Kier alpha value is -4.89. The quantitative estimate of drug-likeness (QED) is 0.187. The number of nitrogens with zero attached hydrogens (tertiary/aromatic N) is 3. The highest BCUT2D eigenvalue weighted by molar-refractivity contribution is 6.31. The van der Waals surface area contributed by atoms with Crippen LogP contribution in [0.5, 0.6) is 0 Å². The zero-order chi connectivity index (χ0) is 26.6. The Bertz CT molecular complexity index is 1570. The number of pyridine rings is 1. The molecule has 5 rings (SSSR count). The number of nitro benzene ring substituents is 1. The number of nitrogens with one attached hydrogen (secondary N) is 3. The third-order valence-electron chi connectivity index (χ3n) is 6.05. The van der Waals surface area contributed by atoms with Gasteiger partial charge in [-0.05, 0) is 72.8 Å². The lowest BCUT2D eigenvalue weighted by atomic mass is 10.1. The van der Waals surface area contributed by atoms with E-state index in [-0.39, 0.29) is 17.8 Å². The van der Waals surface area contributed by atoms with Gasteiger partial charge >= 0.3 is 0 Å². The van der Waals surface area contributed by atoms with E-state index in [9.17, 15) is 14.9 Å². The molecule has 0 fully saturated rings. The Morgan fingerprint density at radius 2 is 1.71 bits per heavy atom. The third-order valence-corrected chi connectivity index (χ3v) is 6.30. The maximum atomic E-state index is 12.8. The fourth-order valence-electron chi connectivity index (χ4n) is 3.99. The summed E-state index contributed by atoms with van der Waals surface area (Å²) in [5.41, 5.74) is 4.11. The second-order valence-electron chi connectivity index (χ2n) is 8.67. The zero-order valence-corrected chi connectivity index (χ0v) is 21.0. The number of hydrogen-bond donors (Lipinski definition) is 3. The van der Waals surface area contributed by atoms with Crippen molar-refractivity contribution in [3.63, 3.8) is 0 Å². The molecule has 0 saturated heterocycles. The number of anilines is 4. The first-order valence-corrected chi connectivity index (χ1v) is 12.1. The lowest BCUT2D eigenvalue weighted by Gasteiger charge is -2.28. The monoisotopic (exact) mass is 526 g/mol. The summed E-state index contributed by atoms with van der Waals surface area (Å²) in [6, 6.07) is 20.9. The van der Waals surface area contributed by atoms with Crippen LogP contribution in [0.2, 0.25) is 0 Å². The summed E-state index contributed by atoms with van der Waals surface area (Å²) in [5.74, 6) is -0.223. The number of fused-ring (bicyclic) bond motifs is 1. The van der Waals surface area contributed by atoms with Gasteiger partial charge in [0, 0.05) is 70.3 Å². The lowest BCUT2D eigenvalue weighted by molar-refractivity contribution is -0.384. The molecule has 0 aliphatic carbocycles. The fourth-order valence-corrected chi connectivity index (χ4v) is 4.17. The van der Waals surface area contributed by atoms with Crippen LogP contribution in [0, 0.1) is 10.1 Å². The molecule has 0 bridgehead atoms. The predicted octanol–water partition coefficient (Wildman–Crippen LogP) is 6.46. The van der Waals surface area contributed by atoms with E-state index in [1.165, 1.54) is 12.1 Å². The molecule has 4 aromatic rings. The van der Waals surface area contributed by atoms with Crippen LogP contribution in [0.4, 0.5) is 28.4 Å². The van der Waals surface area contributed by atoms with Gasteiger partial charge in [0.2, 0.25) is 0 Å². The highest BCUT2D eigenvalue weighted by Gasteiger charge is 2.14. The fraction of sp³-hybridized carbons (Fsp3) is 0.0714. The molecule has 3 aromatic carbocycles. The number of allylic oxidation sites excluding steroid dienone is 2. The van der Waals surface area contributed by atoms with Gasteiger partial charge in [-0.3, -0.25) is 19.9 Å². The van der Waals surface area contributed by atoms with E-state index in [1.54, 1.807) is 42.6 Å². The van der Waals surface area contributed by atoms with Crippen molar-refractivity contribution in [3.05, 3.63) is 118 Å². The van der Waals surface area contributed by atoms with Crippen molar-refractivity contribution in [2.45, 2.75) is 6.17 Å². The number of nitro groups is 1. The minimum Gasteiger partial charge on any atom is -0.362 e. The molecule has 1 amide bonds. The highest BCUT2D eigenvalue weighted by atomic mass is 35.5. The molecule has 0 radical (unpaired) electrons. The Balaban J connectivity index is 1.22. The standard InChI is InChI=1S/C28H23ClN6O3/c1-34-15-13-19(29)16-27(34)32-21-4-2-18(3-5-21)28(36)33-22-8-6-20(7-9-22)31-25-12-14-30-26-17-23(35(37)38)10-11-24(25)26/h2-17,27,32H,1H3,(H,30,31)(H,33,36). The van der Waals surface area contributed by atoms with Crippen LogP contribution < -0.4 is 16.0 Å². The normalized spacial score (nSPS) is 14.6. The van der Waals surface area contributed by atoms with Gasteiger partial charge in [0.1, 0.15) is 6.17 Å². The summed E-state index contributed by atoms with van der Waals surface area (Å²) in [6.45, 7) is 0. The van der Waals surface area contributed by atoms with E-state index in [0.717, 1.165) is 22.4 Å². The molecule has 10 heteroatoms. The molecule has 1 aliphatic rings. The first kappa shape index (κ1) is 24.8. The first-order valence-electron chi connectivity index (χ1n) is 11.7. The first-order chi connectivity index (χ1) is 18.4. The molecule has 1 aliphatic heterocycles. The van der Waals surface area contributed by atoms with Crippen molar-refractivity contribution in [1.82, 2.24) is 9.88 Å². The minimum absolute atomic E-state index is 0.00975. The van der Waals surface area contributed by atoms with E-state index in [4.69, 9.17) is 11.6 Å². The molecular weight excluding hydrogens is 504 g/mol. The van der Waals surface area contributed by atoms with Crippen LogP contribution in [0.25, 0.3) is 10.9 Å². The Morgan fingerprint density at radius 1 is 1.00 bits per heavy atom. The molecule has 0 spiro atoms. The van der Waals surface area contributed by atoms with Crippen molar-refractivity contribution in [2.24, 2.45) is 0 Å². The van der Waals surface area contributed by atoms with Crippen molar-refractivity contribution in [3.8, 4) is 0 Å². The summed E-state index contributed by atoms with van der Waals surface area (Å²) in [6.07, 6.45) is 7.15. The number of carbonyl (C=O) groups excluding carboxylic acids is 1. The van der Waals surface area contributed by atoms with Gasteiger partial charge in [0.15, 0.2) is 0 Å². The molecule has 1 atom stereocenters. The van der Waals surface area contributed by atoms with Crippen LogP contribution in [0.1, 0.15) is 10.4 Å². The molecule has 38 heavy (non-hydrogen) atoms. The summed E-state index contributed by atoms with van der Waals surface area (Å²) in [7, 11) is 1.95. The molecule has 9 nitrogen and oxygen atoms in total. The van der Waals surface area contributed by atoms with Crippen molar-refractivity contribution < 1.29 is 9.72 Å². The molecule has 1 unspecified atom stereocenters. The number of rotatable bonds is 7. The summed E-state index contributed by atoms with van der Waals surface area (Å²) in [4.78, 5) is 29.6. The molecule has 3 N–H and O–H groups in total. The van der Waals surface area contributed by atoms with Gasteiger partial charge in [0.05, 0.1) is 10.4 Å². The summed E-state index contributed by atoms with van der Waals surface area (Å²) in [5, 5.41) is 22.0. The number of carbonyl (C=O) groups is 1. The second kappa shape index (κ2) is 10.6. The number of non-ortho nitro benzene ring substituents is 1. The number of aromatic nitrogens is 1. The van der Waals surface area contributed by atoms with Gasteiger partial charge in [-0.25, -0.2) is 0 Å². The van der Waals surface area contributed by atoms with E-state index in [0.29, 0.717) is 21.8 Å². The Labute approximate surface area is 223 Å². The van der Waals surface area contributed by atoms with Crippen molar-refractivity contribution in [2.75, 3.05) is 23.0 Å². The van der Waals surface area contributed by atoms with E-state index in [2.05, 4.69) is 20.9 Å². The van der Waals surface area contributed by atoms with E-state index >= 15 is 0 Å². The topological polar surface area (TPSA) is 112 Å². The summed E-state index contributed by atoms with van der Waals surface area (Å²) >= 11 is 6.10. The van der Waals surface area contributed by atoms with Gasteiger partial charge in [0.25, 0.3) is 11.6 Å². The van der Waals surface area contributed by atoms with Crippen molar-refractivity contribution in [1.29, 1.82) is 0 Å². The molecule has 1 aromatic heterocycles. The number of hydrogen-bond acceptors (Lipinski definition) is 7. The van der Waals surface area contributed by atoms with E-state index in [1.807, 2.05) is 54.6 Å². The maximum Gasteiger partial charge on any atom is 0.271 e. The number of amides is 1. The maximum absolute atomic E-state index is 12.8. The van der Waals surface area contributed by atoms with Gasteiger partial charge < -0.3 is 20.9 Å². The Kier molecular flexibility index (Phi) is 6.92. The smallest absolute Gasteiger partial charge is 0.271 e. The lowest BCUT2D eigenvalue weighted by Crippen LogP contribution is -2.34. The Morgan fingerprint density at radius 3 is 2.45 bits per heavy atom. The molecule has 190 valence electrons. The van der Waals surface area contributed by atoms with Crippen LogP contribution in [0.3, 0.4) is 0 Å². The van der Waals surface area contributed by atoms with E-state index < -0.39 is 4.92 Å². The van der Waals surface area contributed by atoms with Crippen LogP contribution in [-0.4, -0.2) is 33.9 Å². The minimum atomic E-state index is -0.443. The molecule has 0 saturated carbocycles. The predicted molar refractivity (Wildman–Crippen MR) is 151 cm³/mol. The number of halogens is 1. The summed E-state index contributed by atoms with van der Waals surface area (Å²) < 4.78 is 0. The zero-order valence-electron chi connectivity index (χ0n) is 20.3. The average Bonchev–Trinajstić information content (AvgIpc) is 2.92. The SMILES string of the molecule is CN1C=CC(Cl)=CC1Nc1ccc(C(=O)Nc2ccc(Nc3ccnc4cc([N+](=O)[O-])ccc34)cc2)cc1. The highest BCUT2D eigenvalue weighted by Crippen LogP contribution is 2.28. The van der Waals surface area contributed by atoms with Crippen LogP contribution in [-0.2, 0) is 0 Å². The largest absolute Gasteiger partial charge is 0.362 e. The average molecular weight is 527 g/mol. The van der Waals surface area contributed by atoms with Crippen LogP contribution in [0.15, 0.2) is 102 Å². The molecular formula is C28H23ClN6O3. The van der Waals surface area contributed by atoms with Gasteiger partial charge in [-0.15, -0.1) is 0 Å². The third kappa shape index (κ3) is 5.58. The van der Waals surface area contributed by atoms with Gasteiger partial charge in [-0.2, -0.15) is 0 Å². The second-order valence-corrected chi connectivity index (χ2v) is 9.11. The van der Waals surface area contributed by atoms with Crippen molar-refractivity contribution >= 4 is 56.8 Å². The molecule has 2 heterocycles.